The molecule has 0 spiro atoms. The molecule has 1 aromatic heterocycles. The zero-order valence-corrected chi connectivity index (χ0v) is 10.4. The first-order chi connectivity index (χ1) is 8.47. The molecule has 0 amide bonds. The maximum atomic E-state index is 12.6. The molecule has 7 heteroatoms. The van der Waals surface area contributed by atoms with Gasteiger partial charge in [0.05, 0.1) is 0 Å². The lowest BCUT2D eigenvalue weighted by Gasteiger charge is -2.07. The smallest absolute Gasteiger partial charge is 0.438 e. The molecule has 0 saturated heterocycles. The van der Waals surface area contributed by atoms with Gasteiger partial charge in [-0.15, -0.1) is 0 Å². The fourth-order valence-corrected chi connectivity index (χ4v) is 2.24. The molecule has 0 saturated carbocycles. The first-order valence-electron chi connectivity index (χ1n) is 4.87. The highest BCUT2D eigenvalue weighted by Gasteiger charge is 2.38. The number of nitrogens with zero attached hydrogens (tertiary/aromatic N) is 1. The van der Waals surface area contributed by atoms with Crippen LogP contribution in [0.15, 0.2) is 30.3 Å². The molecule has 0 aliphatic heterocycles. The molecule has 0 aliphatic carbocycles. The summed E-state index contributed by atoms with van der Waals surface area (Å²) in [4.78, 5) is 3.23. The number of hydrogen-bond acceptors (Lipinski definition) is 3. The van der Waals surface area contributed by atoms with E-state index in [0.29, 0.717) is 11.3 Å². The van der Waals surface area contributed by atoms with Gasteiger partial charge in [0.2, 0.25) is 5.06 Å². The average Bonchev–Trinajstić information content (AvgIpc) is 2.69. The van der Waals surface area contributed by atoms with E-state index < -0.39 is 11.9 Å². The van der Waals surface area contributed by atoms with Gasteiger partial charge in [-0.05, 0) is 5.56 Å². The number of halogens is 4. The molecule has 0 bridgehead atoms. The van der Waals surface area contributed by atoms with Gasteiger partial charge in [0, 0.05) is 0 Å². The Balaban J connectivity index is 2.15. The lowest BCUT2D eigenvalue weighted by Crippen LogP contribution is -2.08. The van der Waals surface area contributed by atoms with Crippen LogP contribution in [0, 0.1) is 0 Å². The maximum absolute atomic E-state index is 12.6. The highest BCUT2D eigenvalue weighted by atomic mass is 35.5. The molecule has 96 valence electrons. The lowest BCUT2D eigenvalue weighted by molar-refractivity contribution is -0.142. The number of benzene rings is 1. The molecular formula is C11H7ClF3NOS. The van der Waals surface area contributed by atoms with E-state index in [2.05, 4.69) is 4.98 Å². The Morgan fingerprint density at radius 3 is 2.50 bits per heavy atom. The molecule has 0 N–H and O–H groups in total. The Labute approximate surface area is 110 Å². The van der Waals surface area contributed by atoms with Crippen LogP contribution in [-0.2, 0) is 12.8 Å². The fraction of sp³-hybridized carbons (Fsp3) is 0.182. The molecule has 2 nitrogen and oxygen atoms in total. The second-order valence-electron chi connectivity index (χ2n) is 3.37. The first-order valence-corrected chi connectivity index (χ1v) is 6.06. The van der Waals surface area contributed by atoms with Crippen LogP contribution in [0.1, 0.15) is 11.3 Å². The molecular weight excluding hydrogens is 287 g/mol. The summed E-state index contributed by atoms with van der Waals surface area (Å²) >= 11 is 6.15. The van der Waals surface area contributed by atoms with E-state index in [1.54, 1.807) is 24.3 Å². The minimum atomic E-state index is -4.56. The highest BCUT2D eigenvalue weighted by molar-refractivity contribution is 7.17. The van der Waals surface area contributed by atoms with Crippen molar-refractivity contribution >= 4 is 22.9 Å². The van der Waals surface area contributed by atoms with Gasteiger partial charge in [0.1, 0.15) is 6.61 Å². The van der Waals surface area contributed by atoms with E-state index in [-0.39, 0.29) is 16.1 Å². The van der Waals surface area contributed by atoms with E-state index in [9.17, 15) is 13.2 Å². The predicted octanol–water partition coefficient (Wildman–Crippen LogP) is 4.39. The van der Waals surface area contributed by atoms with Crippen LogP contribution in [0.2, 0.25) is 4.47 Å². The first kappa shape index (κ1) is 13.2. The SMILES string of the molecule is FC(F)(F)c1nc(Cl)sc1OCc1ccccc1. The van der Waals surface area contributed by atoms with Gasteiger partial charge in [-0.3, -0.25) is 0 Å². The van der Waals surface area contributed by atoms with Gasteiger partial charge >= 0.3 is 6.18 Å². The third-order valence-electron chi connectivity index (χ3n) is 2.05. The Bertz CT molecular complexity index is 527. The van der Waals surface area contributed by atoms with Crippen molar-refractivity contribution in [1.82, 2.24) is 4.98 Å². The molecule has 0 unspecified atom stereocenters. The second-order valence-corrected chi connectivity index (χ2v) is 4.92. The van der Waals surface area contributed by atoms with Gasteiger partial charge in [-0.25, -0.2) is 4.98 Å². The van der Waals surface area contributed by atoms with Crippen molar-refractivity contribution in [2.45, 2.75) is 12.8 Å². The van der Waals surface area contributed by atoms with E-state index in [1.807, 2.05) is 6.07 Å². The van der Waals surface area contributed by atoms with Gasteiger partial charge in [-0.2, -0.15) is 13.2 Å². The summed E-state index contributed by atoms with van der Waals surface area (Å²) in [5, 5.41) is -0.309. The standard InChI is InChI=1S/C11H7ClF3NOS/c12-10-16-8(11(13,14)15)9(18-10)17-6-7-4-2-1-3-5-7/h1-5H,6H2. The zero-order chi connectivity index (χ0) is 13.2. The van der Waals surface area contributed by atoms with Crippen molar-refractivity contribution in [3.05, 3.63) is 46.1 Å². The minimum Gasteiger partial charge on any atom is -0.477 e. The van der Waals surface area contributed by atoms with Crippen molar-refractivity contribution < 1.29 is 17.9 Å². The van der Waals surface area contributed by atoms with Gasteiger partial charge in [-0.1, -0.05) is 53.3 Å². The molecule has 2 aromatic rings. The van der Waals surface area contributed by atoms with Gasteiger partial charge in [0.15, 0.2) is 10.2 Å². The van der Waals surface area contributed by atoms with Crippen LogP contribution in [0.25, 0.3) is 0 Å². The summed E-state index contributed by atoms with van der Waals surface area (Å²) in [6.07, 6.45) is -4.56. The van der Waals surface area contributed by atoms with Crippen molar-refractivity contribution in [2.24, 2.45) is 0 Å². The molecule has 0 radical (unpaired) electrons. The van der Waals surface area contributed by atoms with E-state index in [0.717, 1.165) is 5.56 Å². The summed E-state index contributed by atoms with van der Waals surface area (Å²) in [5.74, 6) is 0. The van der Waals surface area contributed by atoms with Crippen molar-refractivity contribution in [3.63, 3.8) is 0 Å². The Morgan fingerprint density at radius 2 is 1.89 bits per heavy atom. The Hall–Kier alpha value is -1.27. The van der Waals surface area contributed by atoms with Crippen molar-refractivity contribution in [1.29, 1.82) is 0 Å². The summed E-state index contributed by atoms with van der Waals surface area (Å²) in [7, 11) is 0. The predicted molar refractivity (Wildman–Crippen MR) is 62.9 cm³/mol. The molecule has 0 fully saturated rings. The monoisotopic (exact) mass is 293 g/mol. The molecule has 1 aromatic carbocycles. The van der Waals surface area contributed by atoms with Crippen LogP contribution < -0.4 is 4.74 Å². The lowest BCUT2D eigenvalue weighted by atomic mass is 10.2. The molecule has 1 heterocycles. The van der Waals surface area contributed by atoms with Gasteiger partial charge < -0.3 is 4.74 Å². The Morgan fingerprint density at radius 1 is 1.22 bits per heavy atom. The zero-order valence-electron chi connectivity index (χ0n) is 8.87. The third-order valence-corrected chi connectivity index (χ3v) is 3.12. The molecule has 2 rings (SSSR count). The normalized spacial score (nSPS) is 11.6. The van der Waals surface area contributed by atoms with Crippen LogP contribution >= 0.6 is 22.9 Å². The number of thiazole rings is 1. The van der Waals surface area contributed by atoms with Crippen LogP contribution in [0.3, 0.4) is 0 Å². The van der Waals surface area contributed by atoms with E-state index >= 15 is 0 Å². The quantitative estimate of drug-likeness (QED) is 0.837. The number of ether oxygens (including phenoxy) is 1. The summed E-state index contributed by atoms with van der Waals surface area (Å²) in [5.41, 5.74) is -0.302. The summed E-state index contributed by atoms with van der Waals surface area (Å²) in [6.45, 7) is 0.0441. The number of alkyl halides is 3. The minimum absolute atomic E-state index is 0.0441. The molecule has 0 aliphatic rings. The maximum Gasteiger partial charge on any atom is 0.438 e. The van der Waals surface area contributed by atoms with Crippen LogP contribution in [0.4, 0.5) is 13.2 Å². The number of rotatable bonds is 3. The van der Waals surface area contributed by atoms with Gasteiger partial charge in [0.25, 0.3) is 0 Å². The number of aromatic nitrogens is 1. The second kappa shape index (κ2) is 5.16. The fourth-order valence-electron chi connectivity index (χ4n) is 1.28. The summed E-state index contributed by atoms with van der Waals surface area (Å²) < 4.78 is 42.7. The largest absolute Gasteiger partial charge is 0.477 e. The van der Waals surface area contributed by atoms with E-state index in [4.69, 9.17) is 16.3 Å². The van der Waals surface area contributed by atoms with Crippen LogP contribution in [0.5, 0.6) is 5.06 Å². The van der Waals surface area contributed by atoms with Crippen molar-refractivity contribution in [2.75, 3.05) is 0 Å². The number of hydrogen-bond donors (Lipinski definition) is 0. The summed E-state index contributed by atoms with van der Waals surface area (Å²) in [6, 6.07) is 8.89. The highest BCUT2D eigenvalue weighted by Crippen LogP contribution is 2.41. The van der Waals surface area contributed by atoms with E-state index in [1.165, 1.54) is 0 Å². The third kappa shape index (κ3) is 3.14. The Kier molecular flexibility index (Phi) is 3.77. The van der Waals surface area contributed by atoms with Crippen molar-refractivity contribution in [3.8, 4) is 5.06 Å². The molecule has 0 atom stereocenters. The average molecular weight is 294 g/mol. The topological polar surface area (TPSA) is 22.1 Å². The molecule has 18 heavy (non-hydrogen) atoms. The van der Waals surface area contributed by atoms with Crippen LogP contribution in [-0.4, -0.2) is 4.98 Å².